The molecule has 0 aliphatic carbocycles. The number of methoxy groups -OCH3 is 1. The number of hydrogen-bond acceptors (Lipinski definition) is 8. The summed E-state index contributed by atoms with van der Waals surface area (Å²) in [4.78, 5) is 12.3. The molecule has 0 spiro atoms. The van der Waals surface area contributed by atoms with Crippen LogP contribution in [0.15, 0.2) is 59.8 Å². The summed E-state index contributed by atoms with van der Waals surface area (Å²) in [6.45, 7) is 0.640. The standard InChI is InChI=1S/C22H19N5O4S/c1-29-16-4-2-3-14(9-16)11-23-21(28)12-32-22-25-24-20-8-6-17(26-27(20)22)15-5-7-18-19(10-15)31-13-30-18/h2-10H,11-13H2,1H3,(H,23,28). The quantitative estimate of drug-likeness (QED) is 0.430. The lowest BCUT2D eigenvalue weighted by molar-refractivity contribution is -0.118. The van der Waals surface area contributed by atoms with Gasteiger partial charge in [-0.3, -0.25) is 4.79 Å². The Balaban J connectivity index is 1.26. The largest absolute Gasteiger partial charge is 0.497 e. The van der Waals surface area contributed by atoms with Crippen molar-refractivity contribution in [2.24, 2.45) is 0 Å². The summed E-state index contributed by atoms with van der Waals surface area (Å²) in [5.74, 6) is 2.25. The first-order chi connectivity index (χ1) is 15.7. The predicted octanol–water partition coefficient (Wildman–Crippen LogP) is 2.94. The van der Waals surface area contributed by atoms with Crippen molar-refractivity contribution in [2.75, 3.05) is 19.7 Å². The van der Waals surface area contributed by atoms with Gasteiger partial charge in [0.1, 0.15) is 5.75 Å². The summed E-state index contributed by atoms with van der Waals surface area (Å²) in [5.41, 5.74) is 3.19. The third-order valence-electron chi connectivity index (χ3n) is 4.86. The first kappa shape index (κ1) is 20.1. The van der Waals surface area contributed by atoms with Crippen LogP contribution in [0.25, 0.3) is 16.9 Å². The Bertz CT molecular complexity index is 1290. The zero-order chi connectivity index (χ0) is 21.9. The second-order valence-electron chi connectivity index (χ2n) is 6.96. The molecule has 162 valence electrons. The molecule has 0 atom stereocenters. The van der Waals surface area contributed by atoms with E-state index in [1.165, 1.54) is 11.8 Å². The zero-order valence-corrected chi connectivity index (χ0v) is 18.0. The van der Waals surface area contributed by atoms with Crippen molar-refractivity contribution in [3.8, 4) is 28.5 Å². The number of rotatable bonds is 7. The normalized spacial score (nSPS) is 12.2. The molecule has 1 N–H and O–H groups in total. The number of nitrogens with zero attached hydrogens (tertiary/aromatic N) is 4. The molecule has 0 saturated heterocycles. The molecule has 4 aromatic rings. The second-order valence-corrected chi connectivity index (χ2v) is 7.90. The maximum absolute atomic E-state index is 12.3. The molecular weight excluding hydrogens is 430 g/mol. The Labute approximate surface area is 187 Å². The molecule has 0 unspecified atom stereocenters. The summed E-state index contributed by atoms with van der Waals surface area (Å²) < 4.78 is 17.7. The number of benzene rings is 2. The first-order valence-electron chi connectivity index (χ1n) is 9.84. The van der Waals surface area contributed by atoms with Crippen molar-refractivity contribution in [1.29, 1.82) is 0 Å². The molecule has 10 heteroatoms. The van der Waals surface area contributed by atoms with Crippen molar-refractivity contribution in [2.45, 2.75) is 11.7 Å². The van der Waals surface area contributed by atoms with Gasteiger partial charge in [-0.15, -0.1) is 10.2 Å². The Morgan fingerprint density at radius 2 is 2.03 bits per heavy atom. The van der Waals surface area contributed by atoms with Gasteiger partial charge in [0.2, 0.25) is 17.9 Å². The first-order valence-corrected chi connectivity index (χ1v) is 10.8. The lowest BCUT2D eigenvalue weighted by atomic mass is 10.1. The Hall–Kier alpha value is -3.79. The number of amides is 1. The average Bonchev–Trinajstić information content (AvgIpc) is 3.47. The molecule has 0 saturated carbocycles. The molecule has 0 fully saturated rings. The van der Waals surface area contributed by atoms with Crippen LogP contribution >= 0.6 is 11.8 Å². The third-order valence-corrected chi connectivity index (χ3v) is 5.78. The van der Waals surface area contributed by atoms with Crippen LogP contribution in [0.2, 0.25) is 0 Å². The van der Waals surface area contributed by atoms with E-state index in [0.717, 1.165) is 28.3 Å². The van der Waals surface area contributed by atoms with Gasteiger partial charge in [-0.2, -0.15) is 9.61 Å². The Morgan fingerprint density at radius 3 is 2.94 bits per heavy atom. The van der Waals surface area contributed by atoms with Crippen LogP contribution in [0.3, 0.4) is 0 Å². The molecule has 1 amide bonds. The van der Waals surface area contributed by atoms with E-state index in [9.17, 15) is 4.79 Å². The van der Waals surface area contributed by atoms with Gasteiger partial charge in [0.25, 0.3) is 0 Å². The topological polar surface area (TPSA) is 99.9 Å². The van der Waals surface area contributed by atoms with Crippen LogP contribution in [0.1, 0.15) is 5.56 Å². The fourth-order valence-corrected chi connectivity index (χ4v) is 3.95. The number of carbonyl (C=O) groups is 1. The molecule has 5 rings (SSSR count). The Kier molecular flexibility index (Phi) is 5.51. The van der Waals surface area contributed by atoms with Crippen molar-refractivity contribution in [1.82, 2.24) is 25.1 Å². The highest BCUT2D eigenvalue weighted by molar-refractivity contribution is 7.99. The molecule has 9 nitrogen and oxygen atoms in total. The van der Waals surface area contributed by atoms with E-state index in [1.54, 1.807) is 11.6 Å². The molecule has 1 aliphatic rings. The van der Waals surface area contributed by atoms with Crippen LogP contribution < -0.4 is 19.5 Å². The van der Waals surface area contributed by atoms with Crippen LogP contribution in [0.4, 0.5) is 0 Å². The molecule has 2 aromatic heterocycles. The lowest BCUT2D eigenvalue weighted by Crippen LogP contribution is -2.24. The maximum Gasteiger partial charge on any atom is 0.231 e. The summed E-state index contributed by atoms with van der Waals surface area (Å²) in [5, 5.41) is 16.4. The summed E-state index contributed by atoms with van der Waals surface area (Å²) in [6.07, 6.45) is 0. The third kappa shape index (κ3) is 4.17. The van der Waals surface area contributed by atoms with Crippen LogP contribution in [0, 0.1) is 0 Å². The van der Waals surface area contributed by atoms with Crippen LogP contribution in [-0.2, 0) is 11.3 Å². The molecule has 1 aliphatic heterocycles. The van der Waals surface area contributed by atoms with E-state index in [0.29, 0.717) is 23.1 Å². The number of thioether (sulfide) groups is 1. The van der Waals surface area contributed by atoms with E-state index in [1.807, 2.05) is 54.6 Å². The molecule has 32 heavy (non-hydrogen) atoms. The highest BCUT2D eigenvalue weighted by Crippen LogP contribution is 2.35. The average molecular weight is 449 g/mol. The van der Waals surface area contributed by atoms with Gasteiger partial charge in [0, 0.05) is 12.1 Å². The predicted molar refractivity (Wildman–Crippen MR) is 118 cm³/mol. The van der Waals surface area contributed by atoms with Crippen molar-refractivity contribution in [3.05, 3.63) is 60.2 Å². The van der Waals surface area contributed by atoms with Gasteiger partial charge in [0.15, 0.2) is 17.1 Å². The summed E-state index contributed by atoms with van der Waals surface area (Å²) in [7, 11) is 1.61. The smallest absolute Gasteiger partial charge is 0.231 e. The van der Waals surface area contributed by atoms with Crippen molar-refractivity contribution >= 4 is 23.3 Å². The van der Waals surface area contributed by atoms with E-state index >= 15 is 0 Å². The fourth-order valence-electron chi connectivity index (χ4n) is 3.23. The molecular formula is C22H19N5O4S. The zero-order valence-electron chi connectivity index (χ0n) is 17.1. The van der Waals surface area contributed by atoms with Gasteiger partial charge >= 0.3 is 0 Å². The monoisotopic (exact) mass is 449 g/mol. The van der Waals surface area contributed by atoms with E-state index in [-0.39, 0.29) is 18.5 Å². The maximum atomic E-state index is 12.3. The van der Waals surface area contributed by atoms with Gasteiger partial charge in [-0.1, -0.05) is 23.9 Å². The number of ether oxygens (including phenoxy) is 3. The second kappa shape index (κ2) is 8.75. The number of hydrogen-bond donors (Lipinski definition) is 1. The van der Waals surface area contributed by atoms with Crippen molar-refractivity contribution in [3.63, 3.8) is 0 Å². The molecule has 3 heterocycles. The minimum absolute atomic E-state index is 0.110. The van der Waals surface area contributed by atoms with Gasteiger partial charge < -0.3 is 19.5 Å². The van der Waals surface area contributed by atoms with E-state index in [4.69, 9.17) is 14.2 Å². The number of fused-ring (bicyclic) bond motifs is 2. The van der Waals surface area contributed by atoms with Gasteiger partial charge in [-0.25, -0.2) is 0 Å². The SMILES string of the molecule is COc1cccc(CNC(=O)CSc2nnc3ccc(-c4ccc5c(c4)OCO5)nn23)c1. The van der Waals surface area contributed by atoms with Crippen LogP contribution in [0.5, 0.6) is 17.2 Å². The highest BCUT2D eigenvalue weighted by atomic mass is 32.2. The highest BCUT2D eigenvalue weighted by Gasteiger charge is 2.16. The number of nitrogens with one attached hydrogen (secondary N) is 1. The minimum Gasteiger partial charge on any atom is -0.497 e. The summed E-state index contributed by atoms with van der Waals surface area (Å²) >= 11 is 1.28. The van der Waals surface area contributed by atoms with Crippen molar-refractivity contribution < 1.29 is 19.0 Å². The number of carbonyl (C=O) groups excluding carboxylic acids is 1. The van der Waals surface area contributed by atoms with E-state index in [2.05, 4.69) is 20.6 Å². The van der Waals surface area contributed by atoms with Gasteiger partial charge in [0.05, 0.1) is 18.6 Å². The lowest BCUT2D eigenvalue weighted by Gasteiger charge is -2.07. The Morgan fingerprint density at radius 1 is 1.12 bits per heavy atom. The van der Waals surface area contributed by atoms with E-state index < -0.39 is 0 Å². The molecule has 2 aromatic carbocycles. The number of aromatic nitrogens is 4. The van der Waals surface area contributed by atoms with Gasteiger partial charge in [-0.05, 0) is 48.0 Å². The molecule has 0 bridgehead atoms. The summed E-state index contributed by atoms with van der Waals surface area (Å²) in [6, 6.07) is 17.0. The molecule has 0 radical (unpaired) electrons. The fraction of sp³-hybridized carbons (Fsp3) is 0.182. The van der Waals surface area contributed by atoms with Crippen LogP contribution in [-0.4, -0.2) is 45.4 Å². The minimum atomic E-state index is -0.110.